The van der Waals surface area contributed by atoms with Gasteiger partial charge >= 0.3 is 0 Å². The third-order valence-electron chi connectivity index (χ3n) is 4.17. The maximum absolute atomic E-state index is 13.1. The van der Waals surface area contributed by atoms with E-state index in [1.165, 1.54) is 0 Å². The van der Waals surface area contributed by atoms with Crippen LogP contribution in [-0.4, -0.2) is 35.8 Å². The Morgan fingerprint density at radius 3 is 2.47 bits per heavy atom. The summed E-state index contributed by atoms with van der Waals surface area (Å²) in [5, 5.41) is 0. The van der Waals surface area contributed by atoms with Gasteiger partial charge in [-0.25, -0.2) is 8.78 Å². The van der Waals surface area contributed by atoms with Crippen molar-refractivity contribution in [1.29, 1.82) is 0 Å². The van der Waals surface area contributed by atoms with Gasteiger partial charge in [-0.05, 0) is 25.8 Å². The van der Waals surface area contributed by atoms with E-state index in [-0.39, 0.29) is 6.42 Å². The fraction of sp³-hybridized carbons (Fsp3) is 1.00. The van der Waals surface area contributed by atoms with Crippen LogP contribution in [0.2, 0.25) is 0 Å². The first kappa shape index (κ1) is 11.6. The van der Waals surface area contributed by atoms with Crippen LogP contribution in [-0.2, 0) is 0 Å². The van der Waals surface area contributed by atoms with E-state index in [1.807, 2.05) is 0 Å². The number of likely N-dealkylation sites (tertiary alicyclic amines) is 1. The molecule has 1 heterocycles. The first-order valence-electron chi connectivity index (χ1n) is 5.57. The Bertz CT molecular complexity index is 259. The van der Waals surface area contributed by atoms with Crippen LogP contribution < -0.4 is 0 Å². The fourth-order valence-electron chi connectivity index (χ4n) is 2.57. The lowest BCUT2D eigenvalue weighted by atomic mass is 10.0. The second-order valence-corrected chi connectivity index (χ2v) is 5.66. The molecule has 3 unspecified atom stereocenters. The Kier molecular flexibility index (Phi) is 2.75. The first-order chi connectivity index (χ1) is 6.89. The molecule has 0 aromatic rings. The molecule has 2 aliphatic rings. The Morgan fingerprint density at radius 1 is 1.47 bits per heavy atom. The van der Waals surface area contributed by atoms with Crippen molar-refractivity contribution in [3.05, 3.63) is 0 Å². The van der Waals surface area contributed by atoms with Gasteiger partial charge in [0.2, 0.25) is 0 Å². The molecule has 4 heteroatoms. The van der Waals surface area contributed by atoms with Gasteiger partial charge < -0.3 is 0 Å². The minimum absolute atomic E-state index is 0.0504. The summed E-state index contributed by atoms with van der Waals surface area (Å²) in [5.74, 6) is -1.32. The van der Waals surface area contributed by atoms with Crippen molar-refractivity contribution in [1.82, 2.24) is 4.90 Å². The molecule has 2 rings (SSSR count). The third kappa shape index (κ3) is 1.89. The van der Waals surface area contributed by atoms with Crippen molar-refractivity contribution < 1.29 is 8.78 Å². The van der Waals surface area contributed by atoms with Crippen molar-refractivity contribution >= 4 is 11.6 Å². The molecule has 0 N–H and O–H groups in total. The molecule has 0 amide bonds. The lowest BCUT2D eigenvalue weighted by Gasteiger charge is -2.26. The zero-order chi connectivity index (χ0) is 11.3. The maximum Gasteiger partial charge on any atom is 0.255 e. The highest BCUT2D eigenvalue weighted by molar-refractivity contribution is 6.18. The summed E-state index contributed by atoms with van der Waals surface area (Å²) in [4.78, 5) is 2.17. The maximum atomic E-state index is 13.1. The van der Waals surface area contributed by atoms with Gasteiger partial charge in [0.15, 0.2) is 0 Å². The van der Waals surface area contributed by atoms with Crippen molar-refractivity contribution in [2.24, 2.45) is 11.3 Å². The highest BCUT2D eigenvalue weighted by Gasteiger charge is 2.68. The third-order valence-corrected chi connectivity index (χ3v) is 4.56. The van der Waals surface area contributed by atoms with Crippen LogP contribution in [0.5, 0.6) is 0 Å². The average Bonchev–Trinajstić information content (AvgIpc) is 2.48. The van der Waals surface area contributed by atoms with Crippen LogP contribution in [0.4, 0.5) is 8.78 Å². The Hall–Kier alpha value is 0.110. The monoisotopic (exact) mass is 237 g/mol. The predicted octanol–water partition coefficient (Wildman–Crippen LogP) is 2.98. The zero-order valence-electron chi connectivity index (χ0n) is 9.27. The molecule has 0 bridgehead atoms. The molecule has 0 spiro atoms. The minimum atomic E-state index is -2.44. The van der Waals surface area contributed by atoms with Gasteiger partial charge in [0, 0.05) is 30.3 Å². The van der Waals surface area contributed by atoms with E-state index < -0.39 is 11.3 Å². The number of nitrogens with zero attached hydrogens (tertiary/aromatic N) is 1. The van der Waals surface area contributed by atoms with Crippen molar-refractivity contribution in [2.75, 3.05) is 19.0 Å². The van der Waals surface area contributed by atoms with E-state index in [0.717, 1.165) is 13.0 Å². The normalized spacial score (nSPS) is 44.6. The highest BCUT2D eigenvalue weighted by Crippen LogP contribution is 2.60. The largest absolute Gasteiger partial charge is 0.300 e. The Labute approximate surface area is 94.8 Å². The Balaban J connectivity index is 1.92. The van der Waals surface area contributed by atoms with Gasteiger partial charge in [0.05, 0.1) is 0 Å². The molecule has 1 aliphatic carbocycles. The number of rotatable bonds is 3. The summed E-state index contributed by atoms with van der Waals surface area (Å²) in [5.41, 5.74) is -0.775. The molecule has 15 heavy (non-hydrogen) atoms. The minimum Gasteiger partial charge on any atom is -0.300 e. The molecule has 0 aromatic heterocycles. The smallest absolute Gasteiger partial charge is 0.255 e. The van der Waals surface area contributed by atoms with Crippen LogP contribution in [0.25, 0.3) is 0 Å². The van der Waals surface area contributed by atoms with Crippen molar-refractivity contribution in [2.45, 2.75) is 38.7 Å². The van der Waals surface area contributed by atoms with Gasteiger partial charge in [-0.15, -0.1) is 11.6 Å². The molecule has 1 saturated carbocycles. The van der Waals surface area contributed by atoms with E-state index in [9.17, 15) is 8.78 Å². The number of hydrogen-bond acceptors (Lipinski definition) is 1. The molecule has 3 atom stereocenters. The Morgan fingerprint density at radius 2 is 2.07 bits per heavy atom. The van der Waals surface area contributed by atoms with Crippen LogP contribution in [0.15, 0.2) is 0 Å². The van der Waals surface area contributed by atoms with Gasteiger partial charge in [-0.3, -0.25) is 4.90 Å². The first-order valence-corrected chi connectivity index (χ1v) is 6.11. The number of halogens is 3. The summed E-state index contributed by atoms with van der Waals surface area (Å²) < 4.78 is 26.2. The molecular formula is C11H18ClF2N. The lowest BCUT2D eigenvalue weighted by Crippen LogP contribution is -2.36. The van der Waals surface area contributed by atoms with Gasteiger partial charge in [0.1, 0.15) is 0 Å². The van der Waals surface area contributed by atoms with Crippen LogP contribution in [0.1, 0.15) is 26.7 Å². The fourth-order valence-corrected chi connectivity index (χ4v) is 2.98. The molecule has 1 aliphatic heterocycles. The summed E-state index contributed by atoms with van der Waals surface area (Å²) in [6.45, 7) is 5.23. The van der Waals surface area contributed by atoms with Gasteiger partial charge in [0.25, 0.3) is 5.92 Å². The second-order valence-electron chi connectivity index (χ2n) is 5.36. The van der Waals surface area contributed by atoms with E-state index in [0.29, 0.717) is 24.4 Å². The molecule has 1 nitrogen and oxygen atoms in total. The molecule has 88 valence electrons. The van der Waals surface area contributed by atoms with Crippen molar-refractivity contribution in [3.8, 4) is 0 Å². The number of alkyl halides is 3. The zero-order valence-corrected chi connectivity index (χ0v) is 10.0. The quantitative estimate of drug-likeness (QED) is 0.683. The molecule has 0 radical (unpaired) electrons. The van der Waals surface area contributed by atoms with Gasteiger partial charge in [-0.1, -0.05) is 6.92 Å². The van der Waals surface area contributed by atoms with E-state index in [4.69, 9.17) is 11.6 Å². The second kappa shape index (κ2) is 3.56. The summed E-state index contributed by atoms with van der Waals surface area (Å²) >= 11 is 5.84. The van der Waals surface area contributed by atoms with Gasteiger partial charge in [-0.2, -0.15) is 0 Å². The van der Waals surface area contributed by atoms with Crippen LogP contribution in [0, 0.1) is 11.3 Å². The lowest BCUT2D eigenvalue weighted by molar-refractivity contribution is 0.0508. The summed E-state index contributed by atoms with van der Waals surface area (Å²) in [6, 6.07) is 0.357. The average molecular weight is 238 g/mol. The standard InChI is InChI=1S/C11H18ClF2N/c1-8-9(5-12)3-4-15(8)7-10(2)6-11(10,13)14/h8-9H,3-7H2,1-2H3. The summed E-state index contributed by atoms with van der Waals surface area (Å²) in [7, 11) is 0. The summed E-state index contributed by atoms with van der Waals surface area (Å²) in [6.07, 6.45) is 1.10. The van der Waals surface area contributed by atoms with Crippen LogP contribution >= 0.6 is 11.6 Å². The van der Waals surface area contributed by atoms with Crippen molar-refractivity contribution in [3.63, 3.8) is 0 Å². The number of hydrogen-bond donors (Lipinski definition) is 0. The SMILES string of the molecule is CC1C(CCl)CCN1CC1(C)CC1(F)F. The highest BCUT2D eigenvalue weighted by atomic mass is 35.5. The van der Waals surface area contributed by atoms with Crippen LogP contribution in [0.3, 0.4) is 0 Å². The van der Waals surface area contributed by atoms with E-state index in [2.05, 4.69) is 11.8 Å². The van der Waals surface area contributed by atoms with E-state index >= 15 is 0 Å². The molecule has 2 fully saturated rings. The predicted molar refractivity (Wildman–Crippen MR) is 57.5 cm³/mol. The topological polar surface area (TPSA) is 3.24 Å². The molecule has 1 saturated heterocycles. The van der Waals surface area contributed by atoms with E-state index in [1.54, 1.807) is 6.92 Å². The molecular weight excluding hydrogens is 220 g/mol. The molecule has 0 aromatic carbocycles.